The molecule has 5 N–H and O–H groups in total. The smallest absolute Gasteiger partial charge is 0.0753 e. The maximum atomic E-state index is 8.95. The third kappa shape index (κ3) is 2.80. The first kappa shape index (κ1) is 12.7. The first-order valence-corrected chi connectivity index (χ1v) is 5.35. The van der Waals surface area contributed by atoms with Gasteiger partial charge in [0.25, 0.3) is 0 Å². The second-order valence-electron chi connectivity index (χ2n) is 3.61. The van der Waals surface area contributed by atoms with Crippen LogP contribution >= 0.6 is 11.6 Å². The third-order valence-electron chi connectivity index (χ3n) is 2.64. The molecule has 1 aliphatic carbocycles. The lowest BCUT2D eigenvalue weighted by Gasteiger charge is -2.35. The van der Waals surface area contributed by atoms with Crippen LogP contribution in [0.4, 0.5) is 0 Å². The van der Waals surface area contributed by atoms with Gasteiger partial charge in [-0.25, -0.2) is 5.43 Å². The molecule has 2 atom stereocenters. The van der Waals surface area contributed by atoms with Crippen LogP contribution in [0, 0.1) is 0 Å². The fraction of sp³-hybridized carbons (Fsp3) is 0.600. The summed E-state index contributed by atoms with van der Waals surface area (Å²) in [5.74, 6) is 5.46. The summed E-state index contributed by atoms with van der Waals surface area (Å²) in [5.41, 5.74) is 3.04. The molecule has 86 valence electrons. The summed E-state index contributed by atoms with van der Waals surface area (Å²) in [6.45, 7) is 0.115. The summed E-state index contributed by atoms with van der Waals surface area (Å²) in [7, 11) is 0. The van der Waals surface area contributed by atoms with Gasteiger partial charge in [-0.3, -0.25) is 5.84 Å². The van der Waals surface area contributed by atoms with Crippen LogP contribution in [-0.2, 0) is 0 Å². The predicted octanol–water partition coefficient (Wildman–Crippen LogP) is 0.0569. The Labute approximate surface area is 94.4 Å². The van der Waals surface area contributed by atoms with E-state index in [4.69, 9.17) is 27.7 Å². The molecule has 0 saturated heterocycles. The van der Waals surface area contributed by atoms with E-state index in [1.54, 1.807) is 0 Å². The SMILES string of the molecule is NNC1(CCO)C=CC(CCO)=CC1Cl. The molecule has 1 aliphatic rings. The second-order valence-corrected chi connectivity index (χ2v) is 4.08. The maximum absolute atomic E-state index is 8.95. The summed E-state index contributed by atoms with van der Waals surface area (Å²) in [6.07, 6.45) is 6.63. The number of hydrogen-bond donors (Lipinski definition) is 4. The van der Waals surface area contributed by atoms with Crippen molar-refractivity contribution >= 4 is 11.6 Å². The number of halogens is 1. The zero-order valence-electron chi connectivity index (χ0n) is 8.49. The van der Waals surface area contributed by atoms with Crippen molar-refractivity contribution in [3.63, 3.8) is 0 Å². The molecule has 0 aromatic heterocycles. The minimum Gasteiger partial charge on any atom is -0.396 e. The molecular weight excluding hydrogens is 216 g/mol. The highest BCUT2D eigenvalue weighted by Gasteiger charge is 2.34. The van der Waals surface area contributed by atoms with Crippen LogP contribution < -0.4 is 11.3 Å². The average molecular weight is 233 g/mol. The molecule has 5 heteroatoms. The number of hydrogen-bond acceptors (Lipinski definition) is 4. The number of aliphatic hydroxyl groups excluding tert-OH is 2. The van der Waals surface area contributed by atoms with Crippen LogP contribution in [0.15, 0.2) is 23.8 Å². The van der Waals surface area contributed by atoms with E-state index in [-0.39, 0.29) is 18.6 Å². The van der Waals surface area contributed by atoms with Gasteiger partial charge in [-0.1, -0.05) is 18.2 Å². The zero-order valence-corrected chi connectivity index (χ0v) is 9.24. The van der Waals surface area contributed by atoms with Crippen LogP contribution in [0.25, 0.3) is 0 Å². The van der Waals surface area contributed by atoms with Gasteiger partial charge in [0.1, 0.15) is 0 Å². The van der Waals surface area contributed by atoms with Crippen molar-refractivity contribution in [3.05, 3.63) is 23.8 Å². The Kier molecular flexibility index (Phi) is 4.76. The fourth-order valence-corrected chi connectivity index (χ4v) is 2.05. The molecule has 15 heavy (non-hydrogen) atoms. The average Bonchev–Trinajstić information content (AvgIpc) is 2.23. The van der Waals surface area contributed by atoms with Gasteiger partial charge in [0.2, 0.25) is 0 Å². The quantitative estimate of drug-likeness (QED) is 0.307. The van der Waals surface area contributed by atoms with Gasteiger partial charge < -0.3 is 10.2 Å². The second kappa shape index (κ2) is 5.63. The van der Waals surface area contributed by atoms with E-state index in [9.17, 15) is 0 Å². The van der Waals surface area contributed by atoms with E-state index in [1.807, 2.05) is 18.2 Å². The van der Waals surface area contributed by atoms with E-state index < -0.39 is 5.54 Å². The molecule has 0 aromatic rings. The molecule has 0 bridgehead atoms. The summed E-state index contributed by atoms with van der Waals surface area (Å²) in [6, 6.07) is 0. The summed E-state index contributed by atoms with van der Waals surface area (Å²) in [5, 5.41) is 17.4. The highest BCUT2D eigenvalue weighted by Crippen LogP contribution is 2.29. The lowest BCUT2D eigenvalue weighted by Crippen LogP contribution is -2.55. The van der Waals surface area contributed by atoms with Gasteiger partial charge in [0.15, 0.2) is 0 Å². The fourth-order valence-electron chi connectivity index (χ4n) is 1.64. The summed E-state index contributed by atoms with van der Waals surface area (Å²) >= 11 is 6.19. The molecule has 0 heterocycles. The van der Waals surface area contributed by atoms with Crippen molar-refractivity contribution in [1.29, 1.82) is 0 Å². The molecule has 4 nitrogen and oxygen atoms in total. The Morgan fingerprint density at radius 3 is 2.67 bits per heavy atom. The van der Waals surface area contributed by atoms with Crippen molar-refractivity contribution in [1.82, 2.24) is 5.43 Å². The van der Waals surface area contributed by atoms with Gasteiger partial charge in [-0.2, -0.15) is 0 Å². The minimum atomic E-state index is -0.588. The van der Waals surface area contributed by atoms with Crippen LogP contribution in [0.2, 0.25) is 0 Å². The van der Waals surface area contributed by atoms with Crippen LogP contribution in [0.5, 0.6) is 0 Å². The first-order chi connectivity index (χ1) is 7.18. The Morgan fingerprint density at radius 1 is 1.47 bits per heavy atom. The Balaban J connectivity index is 2.77. The van der Waals surface area contributed by atoms with Gasteiger partial charge in [0, 0.05) is 13.2 Å². The molecule has 0 saturated carbocycles. The number of nitrogens with one attached hydrogen (secondary N) is 1. The Morgan fingerprint density at radius 2 is 2.20 bits per heavy atom. The lowest BCUT2D eigenvalue weighted by atomic mass is 9.85. The number of rotatable bonds is 5. The van der Waals surface area contributed by atoms with E-state index in [1.165, 1.54) is 0 Å². The number of aliphatic hydroxyl groups is 2. The standard InChI is InChI=1S/C10H17ClN2O2/c11-9-7-8(2-5-14)1-3-10(9,13-12)4-6-15/h1,3,7,9,13-15H,2,4-6,12H2. The van der Waals surface area contributed by atoms with E-state index in [0.29, 0.717) is 12.8 Å². The zero-order chi connectivity index (χ0) is 11.3. The molecule has 0 spiro atoms. The molecule has 2 unspecified atom stereocenters. The topological polar surface area (TPSA) is 78.5 Å². The molecule has 0 fully saturated rings. The summed E-state index contributed by atoms with van der Waals surface area (Å²) < 4.78 is 0. The Bertz CT molecular complexity index is 268. The van der Waals surface area contributed by atoms with E-state index in [0.717, 1.165) is 5.57 Å². The van der Waals surface area contributed by atoms with Gasteiger partial charge in [0.05, 0.1) is 10.9 Å². The summed E-state index contributed by atoms with van der Waals surface area (Å²) in [4.78, 5) is 0. The third-order valence-corrected chi connectivity index (χ3v) is 3.16. The largest absolute Gasteiger partial charge is 0.396 e. The predicted molar refractivity (Wildman–Crippen MR) is 60.3 cm³/mol. The molecule has 0 aliphatic heterocycles. The first-order valence-electron chi connectivity index (χ1n) is 4.92. The lowest BCUT2D eigenvalue weighted by molar-refractivity contribution is 0.238. The van der Waals surface area contributed by atoms with Crippen molar-refractivity contribution < 1.29 is 10.2 Å². The normalized spacial score (nSPS) is 30.4. The maximum Gasteiger partial charge on any atom is 0.0753 e. The molecule has 0 radical (unpaired) electrons. The molecule has 0 amide bonds. The number of nitrogens with two attached hydrogens (primary N) is 1. The monoisotopic (exact) mass is 232 g/mol. The highest BCUT2D eigenvalue weighted by molar-refractivity contribution is 6.23. The number of allylic oxidation sites excluding steroid dienone is 1. The molecule has 1 rings (SSSR count). The van der Waals surface area contributed by atoms with Gasteiger partial charge >= 0.3 is 0 Å². The van der Waals surface area contributed by atoms with Crippen molar-refractivity contribution in [2.45, 2.75) is 23.8 Å². The minimum absolute atomic E-state index is 0.0148. The highest BCUT2D eigenvalue weighted by atomic mass is 35.5. The van der Waals surface area contributed by atoms with Crippen LogP contribution in [-0.4, -0.2) is 34.3 Å². The van der Waals surface area contributed by atoms with E-state index in [2.05, 4.69) is 5.43 Å². The number of hydrazine groups is 1. The van der Waals surface area contributed by atoms with Gasteiger partial charge in [-0.05, 0) is 18.4 Å². The molecular formula is C10H17ClN2O2. The van der Waals surface area contributed by atoms with Gasteiger partial charge in [-0.15, -0.1) is 11.6 Å². The van der Waals surface area contributed by atoms with Crippen molar-refractivity contribution in [2.24, 2.45) is 5.84 Å². The molecule has 0 aromatic carbocycles. The van der Waals surface area contributed by atoms with Crippen LogP contribution in [0.3, 0.4) is 0 Å². The van der Waals surface area contributed by atoms with Crippen molar-refractivity contribution in [3.8, 4) is 0 Å². The van der Waals surface area contributed by atoms with Crippen molar-refractivity contribution in [2.75, 3.05) is 13.2 Å². The van der Waals surface area contributed by atoms with E-state index >= 15 is 0 Å². The Hall–Kier alpha value is -0.390. The number of alkyl halides is 1. The van der Waals surface area contributed by atoms with Crippen LogP contribution in [0.1, 0.15) is 12.8 Å².